The van der Waals surface area contributed by atoms with E-state index in [-0.39, 0.29) is 0 Å². The fourth-order valence-corrected chi connectivity index (χ4v) is 3.26. The molecule has 5 heteroatoms. The summed E-state index contributed by atoms with van der Waals surface area (Å²) in [6.07, 6.45) is 7.70. The van der Waals surface area contributed by atoms with E-state index in [1.165, 1.54) is 32.1 Å². The molecule has 19 heavy (non-hydrogen) atoms. The molecule has 2 rings (SSSR count). The molecule has 0 aliphatic carbocycles. The van der Waals surface area contributed by atoms with Crippen molar-refractivity contribution in [2.75, 3.05) is 18.0 Å². The molecule has 2 heterocycles. The minimum Gasteiger partial charge on any atom is -0.341 e. The van der Waals surface area contributed by atoms with Crippen LogP contribution in [0, 0.1) is 10.7 Å². The summed E-state index contributed by atoms with van der Waals surface area (Å²) in [4.78, 5) is 2.41. The highest BCUT2D eigenvalue weighted by atomic mass is 32.1. The van der Waals surface area contributed by atoms with Gasteiger partial charge in [0.1, 0.15) is 0 Å². The first-order chi connectivity index (χ1) is 9.26. The summed E-state index contributed by atoms with van der Waals surface area (Å²) in [5.74, 6) is 1.94. The van der Waals surface area contributed by atoms with Crippen molar-refractivity contribution in [2.24, 2.45) is 5.92 Å². The molecular weight excluding hydrogens is 256 g/mol. The van der Waals surface area contributed by atoms with Crippen molar-refractivity contribution in [3.63, 3.8) is 0 Å². The van der Waals surface area contributed by atoms with E-state index in [4.69, 9.17) is 12.2 Å². The minimum absolute atomic E-state index is 0.756. The summed E-state index contributed by atoms with van der Waals surface area (Å²) in [6, 6.07) is 0. The Morgan fingerprint density at radius 1 is 1.26 bits per heavy atom. The summed E-state index contributed by atoms with van der Waals surface area (Å²) in [6.45, 7) is 7.66. The maximum Gasteiger partial charge on any atom is 0.225 e. The van der Waals surface area contributed by atoms with Crippen LogP contribution in [-0.2, 0) is 6.54 Å². The van der Waals surface area contributed by atoms with Gasteiger partial charge in [0.2, 0.25) is 5.95 Å². The number of H-pyrrole nitrogens is 1. The zero-order chi connectivity index (χ0) is 13.7. The smallest absolute Gasteiger partial charge is 0.225 e. The molecular formula is C14H26N4S. The number of aromatic amines is 1. The first-order valence-electron chi connectivity index (χ1n) is 7.66. The van der Waals surface area contributed by atoms with Crippen molar-refractivity contribution in [1.29, 1.82) is 0 Å². The van der Waals surface area contributed by atoms with Crippen LogP contribution in [0.2, 0.25) is 0 Å². The number of nitrogens with one attached hydrogen (secondary N) is 1. The van der Waals surface area contributed by atoms with Gasteiger partial charge in [-0.2, -0.15) is 0 Å². The Labute approximate surface area is 121 Å². The van der Waals surface area contributed by atoms with Crippen LogP contribution in [0.15, 0.2) is 0 Å². The van der Waals surface area contributed by atoms with Crippen LogP contribution in [0.1, 0.15) is 52.4 Å². The maximum atomic E-state index is 5.32. The van der Waals surface area contributed by atoms with Gasteiger partial charge in [0.15, 0.2) is 4.77 Å². The van der Waals surface area contributed by atoms with E-state index in [0.29, 0.717) is 0 Å². The molecule has 0 aromatic carbocycles. The molecule has 1 N–H and O–H groups in total. The molecule has 1 aliphatic heterocycles. The van der Waals surface area contributed by atoms with E-state index < -0.39 is 0 Å². The molecule has 1 aromatic heterocycles. The fourth-order valence-electron chi connectivity index (χ4n) is 3.04. The molecule has 108 valence electrons. The molecule has 0 radical (unpaired) electrons. The van der Waals surface area contributed by atoms with Crippen molar-refractivity contribution in [2.45, 2.75) is 58.9 Å². The van der Waals surface area contributed by atoms with Gasteiger partial charge in [-0.1, -0.05) is 26.7 Å². The van der Waals surface area contributed by atoms with E-state index in [1.54, 1.807) is 0 Å². The lowest BCUT2D eigenvalue weighted by Crippen LogP contribution is -2.27. The van der Waals surface area contributed by atoms with E-state index in [1.807, 2.05) is 0 Å². The van der Waals surface area contributed by atoms with Crippen LogP contribution in [-0.4, -0.2) is 27.9 Å². The average molecular weight is 282 g/mol. The van der Waals surface area contributed by atoms with Crippen LogP contribution in [0.25, 0.3) is 0 Å². The Balaban J connectivity index is 2.07. The van der Waals surface area contributed by atoms with Gasteiger partial charge in [0.25, 0.3) is 0 Å². The lowest BCUT2D eigenvalue weighted by atomic mass is 9.96. The van der Waals surface area contributed by atoms with Gasteiger partial charge in [-0.05, 0) is 43.8 Å². The zero-order valence-corrected chi connectivity index (χ0v) is 13.0. The summed E-state index contributed by atoms with van der Waals surface area (Å²) in [5, 5.41) is 7.39. The molecule has 0 bridgehead atoms. The van der Waals surface area contributed by atoms with Crippen molar-refractivity contribution >= 4 is 18.2 Å². The second-order valence-corrected chi connectivity index (χ2v) is 5.94. The highest BCUT2D eigenvalue weighted by Crippen LogP contribution is 2.24. The minimum atomic E-state index is 0.756. The largest absolute Gasteiger partial charge is 0.341 e. The molecule has 1 fully saturated rings. The average Bonchev–Trinajstić information content (AvgIpc) is 2.63. The Morgan fingerprint density at radius 2 is 2.11 bits per heavy atom. The lowest BCUT2D eigenvalue weighted by molar-refractivity contribution is 0.435. The summed E-state index contributed by atoms with van der Waals surface area (Å²) < 4.78 is 2.90. The molecule has 1 atom stereocenters. The molecule has 1 saturated heterocycles. The van der Waals surface area contributed by atoms with Crippen molar-refractivity contribution in [3.05, 3.63) is 4.77 Å². The molecule has 4 nitrogen and oxygen atoms in total. The van der Waals surface area contributed by atoms with Gasteiger partial charge in [-0.25, -0.2) is 5.10 Å². The number of hydrogen-bond donors (Lipinski definition) is 1. The Kier molecular flexibility index (Phi) is 5.43. The Hall–Kier alpha value is -0.840. The summed E-state index contributed by atoms with van der Waals surface area (Å²) in [5.41, 5.74) is 0. The number of rotatable bonds is 5. The quantitative estimate of drug-likeness (QED) is 0.836. The van der Waals surface area contributed by atoms with E-state index >= 15 is 0 Å². The number of nitrogens with zero attached hydrogens (tertiary/aromatic N) is 3. The zero-order valence-electron chi connectivity index (χ0n) is 12.2. The molecule has 1 aliphatic rings. The third kappa shape index (κ3) is 3.59. The maximum absolute atomic E-state index is 5.32. The predicted molar refractivity (Wildman–Crippen MR) is 82.2 cm³/mol. The summed E-state index contributed by atoms with van der Waals surface area (Å²) >= 11 is 5.32. The third-order valence-electron chi connectivity index (χ3n) is 4.01. The van der Waals surface area contributed by atoms with Gasteiger partial charge in [-0.3, -0.25) is 4.57 Å². The number of aromatic nitrogens is 3. The van der Waals surface area contributed by atoms with Crippen LogP contribution in [0.4, 0.5) is 5.95 Å². The first kappa shape index (κ1) is 14.6. The second-order valence-electron chi connectivity index (χ2n) is 5.55. The van der Waals surface area contributed by atoms with Crippen molar-refractivity contribution < 1.29 is 0 Å². The third-order valence-corrected chi connectivity index (χ3v) is 4.32. The Morgan fingerprint density at radius 3 is 2.84 bits per heavy atom. The summed E-state index contributed by atoms with van der Waals surface area (Å²) in [7, 11) is 0. The standard InChI is InChI=1S/C14H26N4S/c1-3-6-12-7-5-10-17(11-8-12)13-15-16-14(19)18(13)9-4-2/h12H,3-11H2,1-2H3,(H,16,19). The monoisotopic (exact) mass is 282 g/mol. The second kappa shape index (κ2) is 7.08. The van der Waals surface area contributed by atoms with E-state index in [0.717, 1.165) is 42.7 Å². The van der Waals surface area contributed by atoms with Crippen LogP contribution in [0.3, 0.4) is 0 Å². The molecule has 1 aromatic rings. The van der Waals surface area contributed by atoms with Gasteiger partial charge in [-0.15, -0.1) is 5.10 Å². The Bertz CT molecular complexity index is 437. The van der Waals surface area contributed by atoms with Crippen LogP contribution in [0.5, 0.6) is 0 Å². The van der Waals surface area contributed by atoms with Crippen LogP contribution >= 0.6 is 12.2 Å². The number of anilines is 1. The number of hydrogen-bond acceptors (Lipinski definition) is 3. The van der Waals surface area contributed by atoms with Gasteiger partial charge in [0.05, 0.1) is 0 Å². The van der Waals surface area contributed by atoms with E-state index in [2.05, 4.69) is 33.5 Å². The molecule has 1 unspecified atom stereocenters. The van der Waals surface area contributed by atoms with E-state index in [9.17, 15) is 0 Å². The SMILES string of the molecule is CCCC1CCCN(c2n[nH]c(=S)n2CCC)CC1. The lowest BCUT2D eigenvalue weighted by Gasteiger charge is -2.22. The topological polar surface area (TPSA) is 36.9 Å². The predicted octanol–water partition coefficient (Wildman–Crippen LogP) is 3.76. The van der Waals surface area contributed by atoms with Gasteiger partial charge in [0, 0.05) is 19.6 Å². The van der Waals surface area contributed by atoms with Gasteiger partial charge >= 0.3 is 0 Å². The van der Waals surface area contributed by atoms with Crippen molar-refractivity contribution in [1.82, 2.24) is 14.8 Å². The van der Waals surface area contributed by atoms with Crippen molar-refractivity contribution in [3.8, 4) is 0 Å². The van der Waals surface area contributed by atoms with Crippen LogP contribution < -0.4 is 4.90 Å². The molecule has 0 amide bonds. The highest BCUT2D eigenvalue weighted by molar-refractivity contribution is 7.71. The fraction of sp³-hybridized carbons (Fsp3) is 0.857. The highest BCUT2D eigenvalue weighted by Gasteiger charge is 2.20. The van der Waals surface area contributed by atoms with Gasteiger partial charge < -0.3 is 4.90 Å². The first-order valence-corrected chi connectivity index (χ1v) is 8.07. The molecule has 0 spiro atoms. The normalized spacial score (nSPS) is 20.5. The molecule has 0 saturated carbocycles.